The van der Waals surface area contributed by atoms with E-state index < -0.39 is 0 Å². The Labute approximate surface area is 155 Å². The van der Waals surface area contributed by atoms with Gasteiger partial charge in [0.05, 0.1) is 0 Å². The number of amides is 2. The van der Waals surface area contributed by atoms with Gasteiger partial charge < -0.3 is 10.2 Å². The molecule has 1 aliphatic heterocycles. The smallest absolute Gasteiger partial charge is 0.254 e. The van der Waals surface area contributed by atoms with E-state index in [0.717, 1.165) is 23.0 Å². The Kier molecular flexibility index (Phi) is 5.34. The highest BCUT2D eigenvalue weighted by Crippen LogP contribution is 2.24. The topological polar surface area (TPSA) is 49.4 Å². The van der Waals surface area contributed by atoms with E-state index in [2.05, 4.69) is 40.0 Å². The minimum absolute atomic E-state index is 0.0373. The monoisotopic (exact) mass is 398 g/mol. The highest BCUT2D eigenvalue weighted by Gasteiger charge is 2.21. The molecule has 0 saturated carbocycles. The Morgan fingerprint density at radius 1 is 1.16 bits per heavy atom. The zero-order valence-electron chi connectivity index (χ0n) is 13.8. The zero-order valence-corrected chi connectivity index (χ0v) is 15.4. The predicted molar refractivity (Wildman–Crippen MR) is 101 cm³/mol. The number of nitrogens with one attached hydrogen (secondary N) is 1. The highest BCUT2D eigenvalue weighted by atomic mass is 79.9. The highest BCUT2D eigenvalue weighted by molar-refractivity contribution is 9.10. The summed E-state index contributed by atoms with van der Waals surface area (Å²) < 4.78 is 1.07. The number of carbonyl (C=O) groups excluding carboxylic acids is 2. The lowest BCUT2D eigenvalue weighted by Gasteiger charge is -2.29. The van der Waals surface area contributed by atoms with E-state index in [1.807, 2.05) is 35.2 Å². The zero-order chi connectivity index (χ0) is 17.8. The van der Waals surface area contributed by atoms with Crippen molar-refractivity contribution in [3.8, 4) is 0 Å². The molecular formula is C20H19BrN2O2. The van der Waals surface area contributed by atoms with Crippen molar-refractivity contribution in [1.82, 2.24) is 10.2 Å². The molecule has 0 fully saturated rings. The molecule has 2 aromatic rings. The quantitative estimate of drug-likeness (QED) is 0.801. The third-order valence-corrected chi connectivity index (χ3v) is 4.81. The van der Waals surface area contributed by atoms with Crippen molar-refractivity contribution in [2.24, 2.45) is 0 Å². The summed E-state index contributed by atoms with van der Waals surface area (Å²) in [5, 5.41) is 2.72. The first-order valence-corrected chi connectivity index (χ1v) is 8.92. The molecule has 0 spiro atoms. The molecule has 0 bridgehead atoms. The number of halogens is 1. The van der Waals surface area contributed by atoms with Gasteiger partial charge in [0.15, 0.2) is 0 Å². The summed E-state index contributed by atoms with van der Waals surface area (Å²) in [7, 11) is 0. The molecule has 128 valence electrons. The van der Waals surface area contributed by atoms with Crippen molar-refractivity contribution in [3.63, 3.8) is 0 Å². The van der Waals surface area contributed by atoms with Crippen LogP contribution in [0, 0.1) is 0 Å². The molecule has 5 heteroatoms. The van der Waals surface area contributed by atoms with Crippen LogP contribution in [-0.2, 0) is 24.3 Å². The SMILES string of the molecule is C=CC(=O)NCc1ccc(C(=O)N2CCc3cc(Br)ccc3C2)cc1. The number of hydrogen-bond acceptors (Lipinski definition) is 2. The lowest BCUT2D eigenvalue weighted by atomic mass is 9.99. The van der Waals surface area contributed by atoms with Crippen molar-refractivity contribution >= 4 is 27.7 Å². The van der Waals surface area contributed by atoms with Crippen molar-refractivity contribution in [2.75, 3.05) is 6.54 Å². The van der Waals surface area contributed by atoms with Crippen LogP contribution in [0.2, 0.25) is 0 Å². The van der Waals surface area contributed by atoms with Gasteiger partial charge in [-0.1, -0.05) is 40.7 Å². The molecule has 0 aromatic heterocycles. The van der Waals surface area contributed by atoms with Crippen LogP contribution in [0.15, 0.2) is 59.6 Å². The van der Waals surface area contributed by atoms with Crippen molar-refractivity contribution in [2.45, 2.75) is 19.5 Å². The van der Waals surface area contributed by atoms with Crippen LogP contribution in [-0.4, -0.2) is 23.3 Å². The number of hydrogen-bond donors (Lipinski definition) is 1. The Bertz CT molecular complexity index is 815. The molecule has 2 aromatic carbocycles. The maximum atomic E-state index is 12.7. The van der Waals surface area contributed by atoms with Gasteiger partial charge in [0.1, 0.15) is 0 Å². The van der Waals surface area contributed by atoms with Crippen molar-refractivity contribution in [3.05, 3.63) is 81.8 Å². The van der Waals surface area contributed by atoms with Gasteiger partial charge in [-0.2, -0.15) is 0 Å². The van der Waals surface area contributed by atoms with Gasteiger partial charge in [-0.25, -0.2) is 0 Å². The molecule has 0 saturated heterocycles. The molecule has 0 aliphatic carbocycles. The van der Waals surface area contributed by atoms with E-state index >= 15 is 0 Å². The first kappa shape index (κ1) is 17.4. The first-order valence-electron chi connectivity index (χ1n) is 8.12. The first-order chi connectivity index (χ1) is 12.1. The summed E-state index contributed by atoms with van der Waals surface area (Å²) in [6.45, 7) is 5.20. The fourth-order valence-electron chi connectivity index (χ4n) is 2.90. The van der Waals surface area contributed by atoms with Gasteiger partial charge in [-0.3, -0.25) is 9.59 Å². The fraction of sp³-hybridized carbons (Fsp3) is 0.200. The molecule has 2 amide bonds. The van der Waals surface area contributed by atoms with Crippen LogP contribution < -0.4 is 5.32 Å². The Hall–Kier alpha value is -2.40. The second-order valence-electron chi connectivity index (χ2n) is 6.01. The average Bonchev–Trinajstić information content (AvgIpc) is 2.65. The van der Waals surface area contributed by atoms with Gasteiger partial charge >= 0.3 is 0 Å². The summed E-state index contributed by atoms with van der Waals surface area (Å²) in [6.07, 6.45) is 2.11. The predicted octanol–water partition coefficient (Wildman–Crippen LogP) is 3.45. The lowest BCUT2D eigenvalue weighted by Crippen LogP contribution is -2.35. The van der Waals surface area contributed by atoms with E-state index in [9.17, 15) is 9.59 Å². The number of nitrogens with zero attached hydrogens (tertiary/aromatic N) is 1. The van der Waals surface area contributed by atoms with Gasteiger partial charge in [0.2, 0.25) is 5.91 Å². The summed E-state index contributed by atoms with van der Waals surface area (Å²) in [5.74, 6) is -0.172. The van der Waals surface area contributed by atoms with Crippen LogP contribution in [0.1, 0.15) is 27.0 Å². The number of rotatable bonds is 4. The number of fused-ring (bicyclic) bond motifs is 1. The van der Waals surface area contributed by atoms with Crippen molar-refractivity contribution in [1.29, 1.82) is 0 Å². The maximum Gasteiger partial charge on any atom is 0.254 e. The second kappa shape index (κ2) is 7.66. The number of carbonyl (C=O) groups is 2. The Morgan fingerprint density at radius 2 is 1.92 bits per heavy atom. The van der Waals surface area contributed by atoms with Crippen LogP contribution in [0.4, 0.5) is 0 Å². The van der Waals surface area contributed by atoms with Crippen LogP contribution in [0.3, 0.4) is 0 Å². The summed E-state index contributed by atoms with van der Waals surface area (Å²) in [4.78, 5) is 25.8. The standard InChI is InChI=1S/C20H19BrN2O2/c1-2-19(24)22-12-14-3-5-15(6-4-14)20(25)23-10-9-16-11-18(21)8-7-17(16)13-23/h2-8,11H,1,9-10,12-13H2,(H,22,24). The molecule has 0 unspecified atom stereocenters. The van der Waals surface area contributed by atoms with E-state index in [1.54, 1.807) is 0 Å². The minimum Gasteiger partial charge on any atom is -0.348 e. The fourth-order valence-corrected chi connectivity index (χ4v) is 3.31. The largest absolute Gasteiger partial charge is 0.348 e. The normalized spacial score (nSPS) is 13.1. The third kappa shape index (κ3) is 4.17. The van der Waals surface area contributed by atoms with Gasteiger partial charge in [0.25, 0.3) is 5.91 Å². The third-order valence-electron chi connectivity index (χ3n) is 4.32. The van der Waals surface area contributed by atoms with Crippen molar-refractivity contribution < 1.29 is 9.59 Å². The van der Waals surface area contributed by atoms with Gasteiger partial charge in [-0.05, 0) is 53.5 Å². The summed E-state index contributed by atoms with van der Waals surface area (Å²) in [5.41, 5.74) is 4.11. The average molecular weight is 399 g/mol. The molecule has 1 N–H and O–H groups in total. The molecule has 1 heterocycles. The Morgan fingerprint density at radius 3 is 2.64 bits per heavy atom. The van der Waals surface area contributed by atoms with E-state index in [-0.39, 0.29) is 11.8 Å². The molecule has 0 radical (unpaired) electrons. The molecule has 3 rings (SSSR count). The van der Waals surface area contributed by atoms with E-state index in [0.29, 0.717) is 18.7 Å². The van der Waals surface area contributed by atoms with Crippen LogP contribution in [0.25, 0.3) is 0 Å². The lowest BCUT2D eigenvalue weighted by molar-refractivity contribution is -0.116. The molecular weight excluding hydrogens is 380 g/mol. The maximum absolute atomic E-state index is 12.7. The minimum atomic E-state index is -0.209. The number of benzene rings is 2. The molecule has 25 heavy (non-hydrogen) atoms. The van der Waals surface area contributed by atoms with Gasteiger partial charge in [0, 0.05) is 29.7 Å². The summed E-state index contributed by atoms with van der Waals surface area (Å²) in [6, 6.07) is 13.6. The van der Waals surface area contributed by atoms with E-state index in [4.69, 9.17) is 0 Å². The Balaban J connectivity index is 1.66. The summed E-state index contributed by atoms with van der Waals surface area (Å²) >= 11 is 3.49. The second-order valence-corrected chi connectivity index (χ2v) is 6.92. The molecule has 4 nitrogen and oxygen atoms in total. The molecule has 0 atom stereocenters. The van der Waals surface area contributed by atoms with Crippen LogP contribution >= 0.6 is 15.9 Å². The van der Waals surface area contributed by atoms with Gasteiger partial charge in [-0.15, -0.1) is 0 Å². The molecule has 1 aliphatic rings. The van der Waals surface area contributed by atoms with Crippen LogP contribution in [0.5, 0.6) is 0 Å². The van der Waals surface area contributed by atoms with E-state index in [1.165, 1.54) is 17.2 Å².